The van der Waals surface area contributed by atoms with Crippen LogP contribution in [0.15, 0.2) is 10.9 Å². The van der Waals surface area contributed by atoms with Crippen molar-refractivity contribution in [2.75, 3.05) is 5.73 Å². The molecule has 0 aliphatic carbocycles. The van der Waals surface area contributed by atoms with Crippen LogP contribution in [0.3, 0.4) is 0 Å². The van der Waals surface area contributed by atoms with Gasteiger partial charge >= 0.3 is 0 Å². The van der Waals surface area contributed by atoms with Crippen molar-refractivity contribution in [2.45, 2.75) is 11.8 Å². The number of anilines is 1. The molecule has 1 rings (SSSR count). The summed E-state index contributed by atoms with van der Waals surface area (Å²) in [6, 6.07) is 1.00. The smallest absolute Gasteiger partial charge is 0.269 e. The molecule has 0 aromatic carbocycles. The van der Waals surface area contributed by atoms with E-state index in [0.717, 1.165) is 6.07 Å². The average molecular weight is 253 g/mol. The topological polar surface area (TPSA) is 58.9 Å². The molecule has 0 aliphatic rings. The van der Waals surface area contributed by atoms with Crippen molar-refractivity contribution in [3.63, 3.8) is 0 Å². The SMILES string of the molecule is Nc1cc(C(F)F)c(=O)[nH]c1CBr. The molecule has 72 valence electrons. The molecule has 13 heavy (non-hydrogen) atoms. The Morgan fingerprint density at radius 1 is 1.62 bits per heavy atom. The largest absolute Gasteiger partial charge is 0.397 e. The maximum atomic E-state index is 12.2. The average Bonchev–Trinajstić information content (AvgIpc) is 2.07. The van der Waals surface area contributed by atoms with Crippen LogP contribution in [0.4, 0.5) is 14.5 Å². The first kappa shape index (κ1) is 10.2. The molecule has 0 saturated heterocycles. The van der Waals surface area contributed by atoms with E-state index < -0.39 is 17.5 Å². The van der Waals surface area contributed by atoms with E-state index in [0.29, 0.717) is 11.0 Å². The van der Waals surface area contributed by atoms with Gasteiger partial charge in [0.15, 0.2) is 0 Å². The minimum absolute atomic E-state index is 0.159. The van der Waals surface area contributed by atoms with Crippen LogP contribution in [0.25, 0.3) is 0 Å². The van der Waals surface area contributed by atoms with Gasteiger partial charge in [0.25, 0.3) is 12.0 Å². The molecule has 0 fully saturated rings. The van der Waals surface area contributed by atoms with E-state index in [1.165, 1.54) is 0 Å². The fourth-order valence-corrected chi connectivity index (χ4v) is 1.34. The molecule has 0 aliphatic heterocycles. The van der Waals surface area contributed by atoms with Crippen molar-refractivity contribution in [1.29, 1.82) is 0 Å². The molecule has 3 N–H and O–H groups in total. The molecule has 1 heterocycles. The van der Waals surface area contributed by atoms with Gasteiger partial charge in [0, 0.05) is 5.33 Å². The Hall–Kier alpha value is -0.910. The van der Waals surface area contributed by atoms with Gasteiger partial charge in [-0.25, -0.2) is 8.78 Å². The van der Waals surface area contributed by atoms with Crippen molar-refractivity contribution >= 4 is 21.6 Å². The van der Waals surface area contributed by atoms with Gasteiger partial charge in [-0.05, 0) is 6.07 Å². The van der Waals surface area contributed by atoms with E-state index in [1.807, 2.05) is 0 Å². The number of aromatic nitrogens is 1. The summed E-state index contributed by atoms with van der Waals surface area (Å²) in [4.78, 5) is 13.2. The first-order chi connectivity index (χ1) is 6.06. The van der Waals surface area contributed by atoms with Gasteiger partial charge in [-0.1, -0.05) is 15.9 Å². The minimum Gasteiger partial charge on any atom is -0.397 e. The molecule has 1 aromatic heterocycles. The number of aromatic amines is 1. The highest BCUT2D eigenvalue weighted by Crippen LogP contribution is 2.19. The highest BCUT2D eigenvalue weighted by Gasteiger charge is 2.13. The molecule has 1 aromatic rings. The normalized spacial score (nSPS) is 10.8. The fourth-order valence-electron chi connectivity index (χ4n) is 0.874. The molecule has 0 unspecified atom stereocenters. The van der Waals surface area contributed by atoms with Crippen LogP contribution in [0.5, 0.6) is 0 Å². The van der Waals surface area contributed by atoms with Crippen molar-refractivity contribution in [2.24, 2.45) is 0 Å². The van der Waals surface area contributed by atoms with Crippen molar-refractivity contribution in [3.05, 3.63) is 27.7 Å². The summed E-state index contributed by atoms with van der Waals surface area (Å²) < 4.78 is 24.3. The van der Waals surface area contributed by atoms with Gasteiger partial charge in [0.2, 0.25) is 0 Å². The summed E-state index contributed by atoms with van der Waals surface area (Å²) in [7, 11) is 0. The second kappa shape index (κ2) is 3.87. The van der Waals surface area contributed by atoms with Gasteiger partial charge < -0.3 is 10.7 Å². The predicted octanol–water partition coefficient (Wildman–Crippen LogP) is 1.79. The first-order valence-corrected chi connectivity index (χ1v) is 4.54. The Balaban J connectivity index is 3.29. The number of halogens is 3. The number of nitrogen functional groups attached to an aromatic ring is 1. The van der Waals surface area contributed by atoms with Crippen LogP contribution in [-0.4, -0.2) is 4.98 Å². The van der Waals surface area contributed by atoms with Gasteiger partial charge in [-0.3, -0.25) is 4.79 Å². The van der Waals surface area contributed by atoms with Crippen molar-refractivity contribution in [1.82, 2.24) is 4.98 Å². The van der Waals surface area contributed by atoms with Crippen LogP contribution in [0.2, 0.25) is 0 Å². The highest BCUT2D eigenvalue weighted by molar-refractivity contribution is 9.08. The van der Waals surface area contributed by atoms with Crippen LogP contribution in [-0.2, 0) is 5.33 Å². The molecule has 3 nitrogen and oxygen atoms in total. The van der Waals surface area contributed by atoms with Gasteiger partial charge in [-0.2, -0.15) is 0 Å². The lowest BCUT2D eigenvalue weighted by molar-refractivity contribution is 0.149. The van der Waals surface area contributed by atoms with Gasteiger partial charge in [-0.15, -0.1) is 0 Å². The second-order valence-electron chi connectivity index (χ2n) is 2.42. The number of nitrogens with two attached hydrogens (primary N) is 1. The van der Waals surface area contributed by atoms with Crippen LogP contribution < -0.4 is 11.3 Å². The third kappa shape index (κ3) is 2.06. The summed E-state index contributed by atoms with van der Waals surface area (Å²) in [5.74, 6) is 0. The quantitative estimate of drug-likeness (QED) is 0.789. The molecule has 0 amide bonds. The van der Waals surface area contributed by atoms with Crippen LogP contribution in [0.1, 0.15) is 17.7 Å². The zero-order valence-electron chi connectivity index (χ0n) is 6.48. The second-order valence-corrected chi connectivity index (χ2v) is 2.98. The molecule has 6 heteroatoms. The monoisotopic (exact) mass is 252 g/mol. The third-order valence-electron chi connectivity index (χ3n) is 1.55. The summed E-state index contributed by atoms with van der Waals surface area (Å²) in [6.07, 6.45) is -2.80. The predicted molar refractivity (Wildman–Crippen MR) is 49.1 cm³/mol. The number of nitrogens with one attached hydrogen (secondary N) is 1. The third-order valence-corrected chi connectivity index (χ3v) is 2.12. The minimum atomic E-state index is -2.80. The number of hydrogen-bond acceptors (Lipinski definition) is 2. The molecule has 0 atom stereocenters. The Bertz CT molecular complexity index is 364. The highest BCUT2D eigenvalue weighted by atomic mass is 79.9. The number of hydrogen-bond donors (Lipinski definition) is 2. The molecule has 0 radical (unpaired) electrons. The van der Waals surface area contributed by atoms with Gasteiger partial charge in [0.1, 0.15) is 0 Å². The molecular formula is C7H7BrF2N2O. The van der Waals surface area contributed by atoms with Crippen molar-refractivity contribution in [3.8, 4) is 0 Å². The molecule has 0 saturated carbocycles. The van der Waals surface area contributed by atoms with E-state index in [2.05, 4.69) is 20.9 Å². The van der Waals surface area contributed by atoms with E-state index in [4.69, 9.17) is 5.73 Å². The van der Waals surface area contributed by atoms with E-state index >= 15 is 0 Å². The number of alkyl halides is 3. The number of H-pyrrole nitrogens is 1. The molecule has 0 spiro atoms. The lowest BCUT2D eigenvalue weighted by Gasteiger charge is -2.04. The first-order valence-electron chi connectivity index (χ1n) is 3.42. The lowest BCUT2D eigenvalue weighted by Crippen LogP contribution is -2.16. The number of pyridine rings is 1. The summed E-state index contributed by atoms with van der Waals surface area (Å²) in [5, 5.41) is 0.331. The lowest BCUT2D eigenvalue weighted by atomic mass is 10.2. The Kier molecular flexibility index (Phi) is 3.02. The molecular weight excluding hydrogens is 246 g/mol. The number of rotatable bonds is 2. The fraction of sp³-hybridized carbons (Fsp3) is 0.286. The Morgan fingerprint density at radius 3 is 2.69 bits per heavy atom. The van der Waals surface area contributed by atoms with Crippen LogP contribution in [0, 0.1) is 0 Å². The Morgan fingerprint density at radius 2 is 2.23 bits per heavy atom. The summed E-state index contributed by atoms with van der Waals surface area (Å²) in [5.41, 5.74) is 4.59. The Labute approximate surface area is 81.1 Å². The van der Waals surface area contributed by atoms with Gasteiger partial charge in [0.05, 0.1) is 16.9 Å². The molecule has 0 bridgehead atoms. The standard InChI is InChI=1S/C7H7BrF2N2O/c8-2-5-4(11)1-3(6(9)10)7(13)12-5/h1,6H,2,11H2,(H,12,13). The zero-order chi connectivity index (χ0) is 10.0. The van der Waals surface area contributed by atoms with Crippen LogP contribution >= 0.6 is 15.9 Å². The maximum absolute atomic E-state index is 12.2. The maximum Gasteiger partial charge on any atom is 0.269 e. The summed E-state index contributed by atoms with van der Waals surface area (Å²) in [6.45, 7) is 0. The van der Waals surface area contributed by atoms with E-state index in [1.54, 1.807) is 0 Å². The summed E-state index contributed by atoms with van der Waals surface area (Å²) >= 11 is 3.07. The van der Waals surface area contributed by atoms with E-state index in [-0.39, 0.29) is 5.69 Å². The van der Waals surface area contributed by atoms with E-state index in [9.17, 15) is 13.6 Å². The zero-order valence-corrected chi connectivity index (χ0v) is 8.07. The van der Waals surface area contributed by atoms with Crippen molar-refractivity contribution < 1.29 is 8.78 Å².